The molecule has 0 aliphatic heterocycles. The summed E-state index contributed by atoms with van der Waals surface area (Å²) in [5.41, 5.74) is 0.908. The molecule has 0 aliphatic rings. The Morgan fingerprint density at radius 2 is 1.25 bits per heavy atom. The zero-order valence-electron chi connectivity index (χ0n) is 11.4. The van der Waals surface area contributed by atoms with Gasteiger partial charge in [0.05, 0.1) is 0 Å². The number of aryl methyl sites for hydroxylation is 2. The molecule has 3 aromatic rings. The normalized spacial score (nSPS) is 11.7. The number of benzene rings is 1. The molecular weight excluding hydrogens is 271 g/mol. The smallest absolute Gasteiger partial charge is 0.238 e. The van der Waals surface area contributed by atoms with Crippen LogP contribution >= 0.6 is 7.14 Å². The molecule has 2 heterocycles. The molecule has 0 atom stereocenters. The molecule has 0 saturated heterocycles. The summed E-state index contributed by atoms with van der Waals surface area (Å²) in [5, 5.41) is 0.712. The zero-order valence-corrected chi connectivity index (χ0v) is 12.3. The largest absolute Gasteiger partial charge is 0.458 e. The third kappa shape index (κ3) is 2.04. The fourth-order valence-electron chi connectivity index (χ4n) is 2.18. The molecule has 0 spiro atoms. The lowest BCUT2D eigenvalue weighted by molar-refractivity contribution is 0.532. The number of hydrogen-bond acceptors (Lipinski definition) is 3. The van der Waals surface area contributed by atoms with Crippen LogP contribution in [0.3, 0.4) is 0 Å². The Hall–Kier alpha value is -1.99. The highest BCUT2D eigenvalue weighted by Crippen LogP contribution is 2.43. The second kappa shape index (κ2) is 4.84. The van der Waals surface area contributed by atoms with Crippen molar-refractivity contribution in [1.82, 2.24) is 0 Å². The molecule has 0 N–H and O–H groups in total. The third-order valence-electron chi connectivity index (χ3n) is 3.19. The lowest BCUT2D eigenvalue weighted by Gasteiger charge is -2.13. The molecule has 1 aromatic carbocycles. The maximum Gasteiger partial charge on any atom is 0.238 e. The van der Waals surface area contributed by atoms with Gasteiger partial charge in [-0.3, -0.25) is 0 Å². The highest BCUT2D eigenvalue weighted by Gasteiger charge is 2.35. The van der Waals surface area contributed by atoms with Gasteiger partial charge in [0.2, 0.25) is 7.14 Å². The molecule has 102 valence electrons. The van der Waals surface area contributed by atoms with Crippen LogP contribution in [-0.2, 0) is 4.57 Å². The van der Waals surface area contributed by atoms with Crippen LogP contribution in [0.4, 0.5) is 0 Å². The monoisotopic (exact) mass is 286 g/mol. The Morgan fingerprint density at radius 3 is 1.65 bits per heavy atom. The van der Waals surface area contributed by atoms with Gasteiger partial charge in [-0.15, -0.1) is 0 Å². The molecule has 4 heteroatoms. The molecule has 3 nitrogen and oxygen atoms in total. The van der Waals surface area contributed by atoms with Gasteiger partial charge in [0.15, 0.2) is 11.0 Å². The van der Waals surface area contributed by atoms with E-state index < -0.39 is 7.14 Å². The van der Waals surface area contributed by atoms with Crippen molar-refractivity contribution in [2.24, 2.45) is 0 Å². The van der Waals surface area contributed by atoms with Crippen LogP contribution in [0.25, 0.3) is 0 Å². The van der Waals surface area contributed by atoms with Crippen molar-refractivity contribution in [2.45, 2.75) is 13.8 Å². The molecule has 20 heavy (non-hydrogen) atoms. The van der Waals surface area contributed by atoms with E-state index in [-0.39, 0.29) is 0 Å². The topological polar surface area (TPSA) is 43.4 Å². The molecule has 2 aromatic heterocycles. The van der Waals surface area contributed by atoms with Crippen molar-refractivity contribution in [3.63, 3.8) is 0 Å². The second-order valence-corrected chi connectivity index (χ2v) is 7.33. The van der Waals surface area contributed by atoms with Crippen LogP contribution in [0.5, 0.6) is 0 Å². The van der Waals surface area contributed by atoms with E-state index in [2.05, 4.69) is 0 Å². The minimum absolute atomic E-state index is 0.454. The van der Waals surface area contributed by atoms with E-state index in [1.807, 2.05) is 56.3 Å². The van der Waals surface area contributed by atoms with E-state index >= 15 is 0 Å². The van der Waals surface area contributed by atoms with Gasteiger partial charge in [-0.05, 0) is 38.1 Å². The van der Waals surface area contributed by atoms with Gasteiger partial charge in [0, 0.05) is 5.30 Å². The summed E-state index contributed by atoms with van der Waals surface area (Å²) in [4.78, 5) is 0. The number of rotatable bonds is 3. The molecule has 0 amide bonds. The van der Waals surface area contributed by atoms with Gasteiger partial charge in [-0.25, -0.2) is 0 Å². The van der Waals surface area contributed by atoms with Crippen molar-refractivity contribution in [3.05, 3.63) is 66.1 Å². The summed E-state index contributed by atoms with van der Waals surface area (Å²) in [6.07, 6.45) is 0. The lowest BCUT2D eigenvalue weighted by atomic mass is 10.4. The fourth-order valence-corrected chi connectivity index (χ4v) is 4.61. The molecule has 0 bridgehead atoms. The van der Waals surface area contributed by atoms with Gasteiger partial charge in [0.25, 0.3) is 0 Å². The minimum atomic E-state index is -3.07. The Bertz CT molecular complexity index is 724. The number of furan rings is 2. The average molecular weight is 286 g/mol. The predicted molar refractivity (Wildman–Crippen MR) is 79.8 cm³/mol. The highest BCUT2D eigenvalue weighted by atomic mass is 31.2. The zero-order chi connectivity index (χ0) is 14.2. The van der Waals surface area contributed by atoms with Crippen molar-refractivity contribution >= 4 is 23.4 Å². The van der Waals surface area contributed by atoms with Crippen LogP contribution in [0.15, 0.2) is 63.4 Å². The first-order valence-corrected chi connectivity index (χ1v) is 8.11. The minimum Gasteiger partial charge on any atom is -0.458 e. The maximum atomic E-state index is 13.7. The Morgan fingerprint density at radius 1 is 0.750 bits per heavy atom. The summed E-state index contributed by atoms with van der Waals surface area (Å²) in [7, 11) is -3.07. The SMILES string of the molecule is Cc1ccc(P(=O)(c2ccccc2)c2ccc(C)o2)o1. The van der Waals surface area contributed by atoms with Crippen molar-refractivity contribution in [2.75, 3.05) is 0 Å². The van der Waals surface area contributed by atoms with E-state index in [0.717, 1.165) is 11.5 Å². The van der Waals surface area contributed by atoms with E-state index in [4.69, 9.17) is 8.83 Å². The van der Waals surface area contributed by atoms with Gasteiger partial charge in [-0.2, -0.15) is 0 Å². The van der Waals surface area contributed by atoms with Gasteiger partial charge in [-0.1, -0.05) is 30.3 Å². The molecule has 3 rings (SSSR count). The molecule has 0 radical (unpaired) electrons. The molecule has 0 fully saturated rings. The van der Waals surface area contributed by atoms with E-state index in [9.17, 15) is 4.57 Å². The fraction of sp³-hybridized carbons (Fsp3) is 0.125. The van der Waals surface area contributed by atoms with E-state index in [1.54, 1.807) is 12.1 Å². The van der Waals surface area contributed by atoms with Crippen LogP contribution in [0, 0.1) is 13.8 Å². The Balaban J connectivity index is 2.26. The first-order chi connectivity index (χ1) is 9.60. The number of hydrogen-bond donors (Lipinski definition) is 0. The van der Waals surface area contributed by atoms with E-state index in [1.165, 1.54) is 0 Å². The third-order valence-corrected chi connectivity index (χ3v) is 5.94. The molecule has 0 saturated carbocycles. The van der Waals surface area contributed by atoms with Crippen LogP contribution in [-0.4, -0.2) is 0 Å². The van der Waals surface area contributed by atoms with Gasteiger partial charge in [0.1, 0.15) is 11.5 Å². The molecular formula is C16H15O3P. The summed E-state index contributed by atoms with van der Waals surface area (Å²) in [5.74, 6) is 1.47. The van der Waals surface area contributed by atoms with Crippen molar-refractivity contribution in [1.29, 1.82) is 0 Å². The lowest BCUT2D eigenvalue weighted by Crippen LogP contribution is -2.23. The average Bonchev–Trinajstić information content (AvgIpc) is 3.08. The predicted octanol–water partition coefficient (Wildman–Crippen LogP) is 3.13. The van der Waals surface area contributed by atoms with Crippen molar-refractivity contribution in [3.8, 4) is 0 Å². The molecule has 0 unspecified atom stereocenters. The van der Waals surface area contributed by atoms with Crippen LogP contribution in [0.1, 0.15) is 11.5 Å². The van der Waals surface area contributed by atoms with Gasteiger partial charge < -0.3 is 13.4 Å². The van der Waals surface area contributed by atoms with Gasteiger partial charge >= 0.3 is 0 Å². The summed E-state index contributed by atoms with van der Waals surface area (Å²) in [6, 6.07) is 16.5. The van der Waals surface area contributed by atoms with Crippen molar-refractivity contribution < 1.29 is 13.4 Å². The standard InChI is InChI=1S/C16H15O3P/c1-12-8-10-15(18-12)20(17,14-6-4-3-5-7-14)16-11-9-13(2)19-16/h3-11H,1-2H3. The summed E-state index contributed by atoms with van der Waals surface area (Å²) >= 11 is 0. The second-order valence-electron chi connectivity index (χ2n) is 4.71. The summed E-state index contributed by atoms with van der Waals surface area (Å²) < 4.78 is 24.9. The Labute approximate surface area is 117 Å². The summed E-state index contributed by atoms with van der Waals surface area (Å²) in [6.45, 7) is 3.68. The maximum absolute atomic E-state index is 13.7. The van der Waals surface area contributed by atoms with Crippen LogP contribution in [0.2, 0.25) is 0 Å². The quantitative estimate of drug-likeness (QED) is 0.695. The first kappa shape index (κ1) is 13.0. The van der Waals surface area contributed by atoms with E-state index in [0.29, 0.717) is 16.3 Å². The Kier molecular flexibility index (Phi) is 3.15. The first-order valence-electron chi connectivity index (χ1n) is 6.40. The highest BCUT2D eigenvalue weighted by molar-refractivity contribution is 7.84. The van der Waals surface area contributed by atoms with Crippen LogP contribution < -0.4 is 16.3 Å². The molecule has 0 aliphatic carbocycles.